The summed E-state index contributed by atoms with van der Waals surface area (Å²) in [5.74, 6) is -0.399. The summed E-state index contributed by atoms with van der Waals surface area (Å²) in [4.78, 5) is 39.8. The van der Waals surface area contributed by atoms with Crippen LogP contribution >= 0.6 is 0 Å². The SMILES string of the molecule is CCOC(=O)N1CCN(C(=O)c2cccc(C(=O)NCCOC)c2)CC1. The fourth-order valence-corrected chi connectivity index (χ4v) is 2.65. The lowest BCUT2D eigenvalue weighted by atomic mass is 10.1. The van der Waals surface area contributed by atoms with Crippen LogP contribution in [0.4, 0.5) is 4.79 Å². The minimum absolute atomic E-state index is 0.153. The normalized spacial score (nSPS) is 14.1. The zero-order valence-corrected chi connectivity index (χ0v) is 15.2. The lowest BCUT2D eigenvalue weighted by molar-refractivity contribution is 0.0570. The number of benzene rings is 1. The second kappa shape index (κ2) is 9.76. The first kappa shape index (κ1) is 19.7. The number of carbonyl (C=O) groups excluding carboxylic acids is 3. The average Bonchev–Trinajstić information content (AvgIpc) is 2.68. The van der Waals surface area contributed by atoms with E-state index in [0.29, 0.717) is 57.1 Å². The number of nitrogens with one attached hydrogen (secondary N) is 1. The molecule has 0 aromatic heterocycles. The van der Waals surface area contributed by atoms with Gasteiger partial charge in [0, 0.05) is 51.0 Å². The highest BCUT2D eigenvalue weighted by Crippen LogP contribution is 2.12. The first-order valence-electron chi connectivity index (χ1n) is 8.65. The number of nitrogens with zero attached hydrogens (tertiary/aromatic N) is 2. The summed E-state index contributed by atoms with van der Waals surface area (Å²) in [7, 11) is 1.56. The summed E-state index contributed by atoms with van der Waals surface area (Å²) in [6.45, 7) is 4.65. The molecule has 8 heteroatoms. The van der Waals surface area contributed by atoms with Gasteiger partial charge in [0.2, 0.25) is 0 Å². The third-order valence-corrected chi connectivity index (χ3v) is 4.06. The van der Waals surface area contributed by atoms with Crippen molar-refractivity contribution in [3.8, 4) is 0 Å². The molecule has 0 radical (unpaired) electrons. The van der Waals surface area contributed by atoms with E-state index in [4.69, 9.17) is 9.47 Å². The first-order valence-corrected chi connectivity index (χ1v) is 8.65. The molecular weight excluding hydrogens is 338 g/mol. The van der Waals surface area contributed by atoms with Crippen LogP contribution < -0.4 is 5.32 Å². The highest BCUT2D eigenvalue weighted by Gasteiger charge is 2.25. The summed E-state index contributed by atoms with van der Waals surface area (Å²) >= 11 is 0. The van der Waals surface area contributed by atoms with Crippen LogP contribution in [0.3, 0.4) is 0 Å². The molecule has 0 spiro atoms. The number of hydrogen-bond acceptors (Lipinski definition) is 5. The number of carbonyl (C=O) groups is 3. The van der Waals surface area contributed by atoms with Crippen LogP contribution in [0.15, 0.2) is 24.3 Å². The van der Waals surface area contributed by atoms with Gasteiger partial charge < -0.3 is 24.6 Å². The van der Waals surface area contributed by atoms with Crippen LogP contribution in [0, 0.1) is 0 Å². The van der Waals surface area contributed by atoms with E-state index in [1.807, 2.05) is 0 Å². The molecule has 0 bridgehead atoms. The topological polar surface area (TPSA) is 88.2 Å². The molecule has 1 aliphatic rings. The maximum Gasteiger partial charge on any atom is 0.409 e. The van der Waals surface area contributed by atoms with Crippen molar-refractivity contribution in [3.63, 3.8) is 0 Å². The van der Waals surface area contributed by atoms with Gasteiger partial charge in [0.25, 0.3) is 11.8 Å². The first-order chi connectivity index (χ1) is 12.6. The second-order valence-corrected chi connectivity index (χ2v) is 5.81. The minimum atomic E-state index is -0.352. The summed E-state index contributed by atoms with van der Waals surface area (Å²) in [6, 6.07) is 6.62. The Balaban J connectivity index is 1.95. The molecule has 0 aliphatic carbocycles. The van der Waals surface area contributed by atoms with E-state index in [-0.39, 0.29) is 17.9 Å². The van der Waals surface area contributed by atoms with E-state index in [1.165, 1.54) is 0 Å². The monoisotopic (exact) mass is 363 g/mol. The van der Waals surface area contributed by atoms with E-state index in [2.05, 4.69) is 5.32 Å². The number of amides is 3. The van der Waals surface area contributed by atoms with Gasteiger partial charge in [-0.15, -0.1) is 0 Å². The molecule has 1 heterocycles. The van der Waals surface area contributed by atoms with Crippen molar-refractivity contribution < 1.29 is 23.9 Å². The molecule has 142 valence electrons. The number of hydrogen-bond donors (Lipinski definition) is 1. The fourth-order valence-electron chi connectivity index (χ4n) is 2.65. The highest BCUT2D eigenvalue weighted by atomic mass is 16.6. The van der Waals surface area contributed by atoms with E-state index >= 15 is 0 Å². The molecule has 0 atom stereocenters. The highest BCUT2D eigenvalue weighted by molar-refractivity contribution is 5.99. The Kier molecular flexibility index (Phi) is 7.40. The van der Waals surface area contributed by atoms with Gasteiger partial charge in [0.15, 0.2) is 0 Å². The largest absolute Gasteiger partial charge is 0.450 e. The van der Waals surface area contributed by atoms with Crippen molar-refractivity contribution in [2.24, 2.45) is 0 Å². The summed E-state index contributed by atoms with van der Waals surface area (Å²) in [5.41, 5.74) is 0.881. The predicted molar refractivity (Wildman–Crippen MR) is 95.1 cm³/mol. The molecule has 1 N–H and O–H groups in total. The minimum Gasteiger partial charge on any atom is -0.450 e. The summed E-state index contributed by atoms with van der Waals surface area (Å²) < 4.78 is 9.87. The van der Waals surface area contributed by atoms with Crippen molar-refractivity contribution >= 4 is 17.9 Å². The number of ether oxygens (including phenoxy) is 2. The second-order valence-electron chi connectivity index (χ2n) is 5.81. The fraction of sp³-hybridized carbons (Fsp3) is 0.500. The molecule has 1 saturated heterocycles. The Morgan fingerprint density at radius 1 is 1.08 bits per heavy atom. The molecule has 26 heavy (non-hydrogen) atoms. The van der Waals surface area contributed by atoms with Gasteiger partial charge in [0.1, 0.15) is 0 Å². The third-order valence-electron chi connectivity index (χ3n) is 4.06. The quantitative estimate of drug-likeness (QED) is 0.761. The molecule has 0 saturated carbocycles. The van der Waals surface area contributed by atoms with E-state index in [0.717, 1.165) is 0 Å². The molecule has 2 rings (SSSR count). The van der Waals surface area contributed by atoms with Crippen molar-refractivity contribution in [1.82, 2.24) is 15.1 Å². The van der Waals surface area contributed by atoms with Gasteiger partial charge in [-0.3, -0.25) is 9.59 Å². The van der Waals surface area contributed by atoms with E-state index in [1.54, 1.807) is 48.1 Å². The van der Waals surface area contributed by atoms with Gasteiger partial charge in [-0.2, -0.15) is 0 Å². The van der Waals surface area contributed by atoms with E-state index in [9.17, 15) is 14.4 Å². The smallest absolute Gasteiger partial charge is 0.409 e. The maximum atomic E-state index is 12.7. The van der Waals surface area contributed by atoms with Crippen molar-refractivity contribution in [3.05, 3.63) is 35.4 Å². The molecule has 3 amide bonds. The van der Waals surface area contributed by atoms with Gasteiger partial charge in [-0.25, -0.2) is 4.79 Å². The van der Waals surface area contributed by atoms with Gasteiger partial charge in [-0.05, 0) is 25.1 Å². The Labute approximate surface area is 153 Å². The number of piperazine rings is 1. The van der Waals surface area contributed by atoms with E-state index < -0.39 is 0 Å². The zero-order chi connectivity index (χ0) is 18.9. The molecule has 1 aromatic rings. The number of methoxy groups -OCH3 is 1. The lowest BCUT2D eigenvalue weighted by Crippen LogP contribution is -2.50. The van der Waals surface area contributed by atoms with Crippen molar-refractivity contribution in [2.45, 2.75) is 6.92 Å². The van der Waals surface area contributed by atoms with Gasteiger partial charge in [0.05, 0.1) is 13.2 Å². The van der Waals surface area contributed by atoms with Gasteiger partial charge in [-0.1, -0.05) is 6.07 Å². The standard InChI is InChI=1S/C18H25N3O5/c1-3-26-18(24)21-10-8-20(9-11-21)17(23)15-6-4-5-14(13-15)16(22)19-7-12-25-2/h4-6,13H,3,7-12H2,1-2H3,(H,19,22). The maximum absolute atomic E-state index is 12.7. The van der Waals surface area contributed by atoms with Crippen LogP contribution in [0.1, 0.15) is 27.6 Å². The van der Waals surface area contributed by atoms with Gasteiger partial charge >= 0.3 is 6.09 Å². The van der Waals surface area contributed by atoms with Crippen LogP contribution in [-0.2, 0) is 9.47 Å². The number of rotatable bonds is 6. The molecule has 8 nitrogen and oxygen atoms in total. The molecule has 1 aromatic carbocycles. The van der Waals surface area contributed by atoms with Crippen molar-refractivity contribution in [2.75, 3.05) is 53.0 Å². The van der Waals surface area contributed by atoms with Crippen LogP contribution in [0.2, 0.25) is 0 Å². The Morgan fingerprint density at radius 3 is 2.38 bits per heavy atom. The zero-order valence-electron chi connectivity index (χ0n) is 15.2. The average molecular weight is 363 g/mol. The summed E-state index contributed by atoms with van der Waals surface area (Å²) in [5, 5.41) is 2.73. The third kappa shape index (κ3) is 5.19. The van der Waals surface area contributed by atoms with Crippen LogP contribution in [0.5, 0.6) is 0 Å². The summed E-state index contributed by atoms with van der Waals surface area (Å²) in [6.07, 6.45) is -0.352. The lowest BCUT2D eigenvalue weighted by Gasteiger charge is -2.34. The predicted octanol–water partition coefficient (Wildman–Crippen LogP) is 0.977. The van der Waals surface area contributed by atoms with Crippen LogP contribution in [0.25, 0.3) is 0 Å². The Hall–Kier alpha value is -2.61. The molecular formula is C18H25N3O5. The van der Waals surface area contributed by atoms with Crippen LogP contribution in [-0.4, -0.2) is 80.8 Å². The Morgan fingerprint density at radius 2 is 1.73 bits per heavy atom. The molecule has 1 aliphatic heterocycles. The molecule has 1 fully saturated rings. The molecule has 0 unspecified atom stereocenters. The van der Waals surface area contributed by atoms with Crippen molar-refractivity contribution in [1.29, 1.82) is 0 Å². The Bertz CT molecular complexity index is 641.